The average Bonchev–Trinajstić information content (AvgIpc) is 2.37. The predicted molar refractivity (Wildman–Crippen MR) is 50.4 cm³/mol. The van der Waals surface area contributed by atoms with Gasteiger partial charge in [0, 0.05) is 0 Å². The van der Waals surface area contributed by atoms with Crippen LogP contribution in [0, 0.1) is 0 Å². The van der Waals surface area contributed by atoms with Gasteiger partial charge in [-0.05, 0) is 0 Å². The summed E-state index contributed by atoms with van der Waals surface area (Å²) in [5.41, 5.74) is -18.3. The molecule has 0 aromatic rings. The molecule has 0 bridgehead atoms. The molecule has 0 saturated heterocycles. The molecule has 0 spiro atoms. The molecule has 0 radical (unpaired) electrons. The van der Waals surface area contributed by atoms with E-state index >= 15 is 0 Å². The van der Waals surface area contributed by atoms with Crippen LogP contribution in [-0.2, 0) is 10.1 Å². The first-order valence-corrected chi connectivity index (χ1v) is 7.08. The molecule has 29 heavy (non-hydrogen) atoms. The lowest BCUT2D eigenvalue weighted by Crippen LogP contribution is -2.83. The largest absolute Gasteiger partial charge is 0.745 e. The quantitative estimate of drug-likeness (QED) is 0.423. The Morgan fingerprint density at radius 2 is 0.690 bits per heavy atom. The van der Waals surface area contributed by atoms with E-state index in [1.165, 1.54) is 0 Å². The molecule has 3 nitrogen and oxygen atoms in total. The Hall–Kier alpha value is -1.28. The van der Waals surface area contributed by atoms with Crippen LogP contribution < -0.4 is 0 Å². The SMILES string of the molecule is O=S(=O)([O-])C(F)(C(F)(C(F)(F)F)C(F)(F)F)C(F)(C(F)(F)F)C(F)(F)C(F)(F)F. The minimum atomic E-state index is -9.29. The Morgan fingerprint density at radius 1 is 0.448 bits per heavy atom. The average molecular weight is 499 g/mol. The summed E-state index contributed by atoms with van der Waals surface area (Å²) in [6.45, 7) is 0. The molecule has 0 saturated carbocycles. The monoisotopic (exact) mass is 499 g/mol. The molecule has 0 aromatic heterocycles. The number of hydrogen-bond acceptors (Lipinski definition) is 3. The summed E-state index contributed by atoms with van der Waals surface area (Å²) in [6, 6.07) is 0. The molecule has 2 atom stereocenters. The van der Waals surface area contributed by atoms with Crippen molar-refractivity contribution in [2.45, 2.75) is 47.0 Å². The Kier molecular flexibility index (Phi) is 6.08. The lowest BCUT2D eigenvalue weighted by molar-refractivity contribution is -0.440. The molecular formula is C8F17O3S-. The van der Waals surface area contributed by atoms with Gasteiger partial charge in [0.15, 0.2) is 0 Å². The third-order valence-corrected chi connectivity index (χ3v) is 4.44. The van der Waals surface area contributed by atoms with E-state index in [2.05, 4.69) is 0 Å². The van der Waals surface area contributed by atoms with Crippen LogP contribution in [0.5, 0.6) is 0 Å². The molecule has 0 aliphatic carbocycles. The second kappa shape index (κ2) is 6.36. The molecule has 0 fully saturated rings. The van der Waals surface area contributed by atoms with Gasteiger partial charge in [-0.1, -0.05) is 0 Å². The van der Waals surface area contributed by atoms with E-state index in [0.717, 1.165) is 0 Å². The van der Waals surface area contributed by atoms with Crippen molar-refractivity contribution in [3.05, 3.63) is 0 Å². The van der Waals surface area contributed by atoms with Crippen LogP contribution in [0.15, 0.2) is 0 Å². The summed E-state index contributed by atoms with van der Waals surface area (Å²) in [4.78, 5) is 0. The van der Waals surface area contributed by atoms with Crippen molar-refractivity contribution in [2.24, 2.45) is 0 Å². The molecule has 0 N–H and O–H groups in total. The highest BCUT2D eigenvalue weighted by Gasteiger charge is 3.00. The molecule has 0 heterocycles. The highest BCUT2D eigenvalue weighted by Crippen LogP contribution is 2.68. The summed E-state index contributed by atoms with van der Waals surface area (Å²) < 4.78 is 248. The minimum absolute atomic E-state index is 8.29. The van der Waals surface area contributed by atoms with Crippen LogP contribution in [0.2, 0.25) is 0 Å². The van der Waals surface area contributed by atoms with Gasteiger partial charge in [-0.15, -0.1) is 0 Å². The molecule has 0 aliphatic rings. The third-order valence-electron chi connectivity index (χ3n) is 3.19. The number of hydrogen-bond donors (Lipinski definition) is 0. The van der Waals surface area contributed by atoms with E-state index in [1.54, 1.807) is 0 Å². The van der Waals surface area contributed by atoms with Crippen molar-refractivity contribution in [1.82, 2.24) is 0 Å². The zero-order chi connectivity index (χ0) is 24.5. The fourth-order valence-electron chi connectivity index (χ4n) is 1.86. The standard InChI is InChI=1S/C8HF17O3S/c9-1(5(14,15)16,3(11,12)8(23,24)25)4(13,29(26,27)28)2(10,6(17,18)19)7(20,21)22/h(H,26,27,28)/p-1. The van der Waals surface area contributed by atoms with Gasteiger partial charge in [-0.2, -0.15) is 61.5 Å². The molecule has 0 aromatic carbocycles. The number of halogens is 17. The fraction of sp³-hybridized carbons (Fsp3) is 1.00. The zero-order valence-electron chi connectivity index (χ0n) is 12.1. The van der Waals surface area contributed by atoms with Crippen molar-refractivity contribution in [3.8, 4) is 0 Å². The van der Waals surface area contributed by atoms with E-state index in [-0.39, 0.29) is 0 Å². The van der Waals surface area contributed by atoms with Crippen LogP contribution in [-0.4, -0.2) is 59.9 Å². The Labute approximate surface area is 146 Å². The second-order valence-corrected chi connectivity index (χ2v) is 6.40. The smallest absolute Gasteiger partial charge is 0.457 e. The molecule has 176 valence electrons. The van der Waals surface area contributed by atoms with E-state index in [4.69, 9.17) is 0 Å². The third kappa shape index (κ3) is 3.26. The Balaban J connectivity index is 8.15. The maximum Gasteiger partial charge on any atom is 0.457 e. The first kappa shape index (κ1) is 27.7. The van der Waals surface area contributed by atoms with Crippen LogP contribution in [0.3, 0.4) is 0 Å². The van der Waals surface area contributed by atoms with Crippen LogP contribution in [0.25, 0.3) is 0 Å². The topological polar surface area (TPSA) is 57.2 Å². The van der Waals surface area contributed by atoms with Gasteiger partial charge in [0.1, 0.15) is 10.1 Å². The van der Waals surface area contributed by atoms with Crippen molar-refractivity contribution in [3.63, 3.8) is 0 Å². The summed E-state index contributed by atoms with van der Waals surface area (Å²) in [7, 11) is -9.28. The maximum absolute atomic E-state index is 14.1. The highest BCUT2D eigenvalue weighted by molar-refractivity contribution is 7.87. The van der Waals surface area contributed by atoms with Crippen LogP contribution in [0.1, 0.15) is 0 Å². The summed E-state index contributed by atoms with van der Waals surface area (Å²) in [5, 5.41) is -9.22. The van der Waals surface area contributed by atoms with Crippen molar-refractivity contribution in [1.29, 1.82) is 0 Å². The summed E-state index contributed by atoms with van der Waals surface area (Å²) >= 11 is 0. The van der Waals surface area contributed by atoms with Crippen LogP contribution >= 0.6 is 0 Å². The van der Waals surface area contributed by atoms with E-state index in [0.29, 0.717) is 0 Å². The van der Waals surface area contributed by atoms with Gasteiger partial charge >= 0.3 is 42.0 Å². The van der Waals surface area contributed by atoms with Gasteiger partial charge in [0.2, 0.25) is 0 Å². The van der Waals surface area contributed by atoms with Crippen LogP contribution in [0.4, 0.5) is 74.6 Å². The van der Waals surface area contributed by atoms with Gasteiger partial charge < -0.3 is 4.55 Å². The highest BCUT2D eigenvalue weighted by atomic mass is 32.2. The molecule has 21 heteroatoms. The Bertz CT molecular complexity index is 712. The van der Waals surface area contributed by atoms with E-state index < -0.39 is 57.1 Å². The molecule has 0 rings (SSSR count). The second-order valence-electron chi connectivity index (χ2n) is 4.93. The summed E-state index contributed by atoms with van der Waals surface area (Å²) in [5.74, 6) is -8.88. The van der Waals surface area contributed by atoms with Gasteiger partial charge in [-0.25, -0.2) is 21.6 Å². The zero-order valence-corrected chi connectivity index (χ0v) is 12.9. The first-order valence-electron chi connectivity index (χ1n) is 5.67. The van der Waals surface area contributed by atoms with Crippen molar-refractivity contribution in [2.75, 3.05) is 0 Å². The fourth-order valence-corrected chi connectivity index (χ4v) is 3.03. The Morgan fingerprint density at radius 3 is 0.828 bits per heavy atom. The van der Waals surface area contributed by atoms with Gasteiger partial charge in [-0.3, -0.25) is 0 Å². The first-order chi connectivity index (χ1) is 12.0. The predicted octanol–water partition coefficient (Wildman–Crippen LogP) is 4.50. The molecular weight excluding hydrogens is 499 g/mol. The molecule has 0 amide bonds. The van der Waals surface area contributed by atoms with E-state index in [1.807, 2.05) is 0 Å². The molecule has 2 unspecified atom stereocenters. The van der Waals surface area contributed by atoms with Crippen molar-refractivity contribution < 1.29 is 87.6 Å². The number of rotatable bonds is 4. The minimum Gasteiger partial charge on any atom is -0.745 e. The van der Waals surface area contributed by atoms with E-state index in [9.17, 15) is 87.6 Å². The van der Waals surface area contributed by atoms with Gasteiger partial charge in [0.05, 0.1) is 0 Å². The maximum atomic E-state index is 14.1. The summed E-state index contributed by atoms with van der Waals surface area (Å²) in [6.07, 6.45) is -34.1. The lowest BCUT2D eigenvalue weighted by Gasteiger charge is -2.50. The number of alkyl halides is 17. The van der Waals surface area contributed by atoms with Crippen molar-refractivity contribution >= 4 is 10.1 Å². The van der Waals surface area contributed by atoms with Gasteiger partial charge in [0.25, 0.3) is 5.00 Å². The molecule has 0 aliphatic heterocycles. The lowest BCUT2D eigenvalue weighted by atomic mass is 9.80. The normalized spacial score (nSPS) is 20.2.